The number of aliphatic hydroxyl groups excluding tert-OH is 2. The zero-order chi connectivity index (χ0) is 27.2. The van der Waals surface area contributed by atoms with Crippen LogP contribution in [0.5, 0.6) is 0 Å². The number of carbonyl (C=O) groups excluding carboxylic acids is 1. The van der Waals surface area contributed by atoms with Crippen molar-refractivity contribution in [3.8, 4) is 0 Å². The molecule has 0 spiro atoms. The molecule has 0 aliphatic heterocycles. The minimum Gasteiger partial charge on any atom is -0.394 e. The third-order valence-corrected chi connectivity index (χ3v) is 6.85. The summed E-state index contributed by atoms with van der Waals surface area (Å²) in [5.74, 6) is -0.0877. The number of nitrogens with one attached hydrogen (secondary N) is 1. The molecule has 4 nitrogen and oxygen atoms in total. The molecule has 0 bridgehead atoms. The van der Waals surface area contributed by atoms with Gasteiger partial charge in [-0.3, -0.25) is 4.79 Å². The summed E-state index contributed by atoms with van der Waals surface area (Å²) in [5.41, 5.74) is 0. The predicted molar refractivity (Wildman–Crippen MR) is 161 cm³/mol. The van der Waals surface area contributed by atoms with Crippen molar-refractivity contribution in [3.63, 3.8) is 0 Å². The lowest BCUT2D eigenvalue weighted by Crippen LogP contribution is -2.45. The first-order valence-corrected chi connectivity index (χ1v) is 15.7. The average Bonchev–Trinajstić information content (AvgIpc) is 2.90. The van der Waals surface area contributed by atoms with Crippen molar-refractivity contribution in [2.75, 3.05) is 6.61 Å². The van der Waals surface area contributed by atoms with Crippen molar-refractivity contribution in [1.29, 1.82) is 0 Å². The van der Waals surface area contributed by atoms with E-state index in [1.807, 2.05) is 6.08 Å². The highest BCUT2D eigenvalue weighted by molar-refractivity contribution is 5.76. The van der Waals surface area contributed by atoms with Crippen LogP contribution in [-0.4, -0.2) is 34.9 Å². The van der Waals surface area contributed by atoms with Gasteiger partial charge in [0.25, 0.3) is 0 Å². The van der Waals surface area contributed by atoms with Crippen LogP contribution in [0.1, 0.15) is 149 Å². The molecule has 1 amide bonds. The van der Waals surface area contributed by atoms with Crippen molar-refractivity contribution in [2.24, 2.45) is 0 Å². The Bertz CT molecular complexity index is 570. The Kier molecular flexibility index (Phi) is 28.1. The second-order valence-electron chi connectivity index (χ2n) is 10.5. The summed E-state index contributed by atoms with van der Waals surface area (Å²) in [4.78, 5) is 12.2. The smallest absolute Gasteiger partial charge is 0.220 e. The number of unbranched alkanes of at least 4 members (excludes halogenated alkanes) is 16. The fourth-order valence-electron chi connectivity index (χ4n) is 4.36. The lowest BCUT2D eigenvalue weighted by atomic mass is 10.1. The van der Waals surface area contributed by atoms with Crippen molar-refractivity contribution < 1.29 is 15.0 Å². The lowest BCUT2D eigenvalue weighted by Gasteiger charge is -2.19. The molecule has 37 heavy (non-hydrogen) atoms. The zero-order valence-electron chi connectivity index (χ0n) is 24.5. The summed E-state index contributed by atoms with van der Waals surface area (Å²) in [5, 5.41) is 22.7. The van der Waals surface area contributed by atoms with E-state index in [0.717, 1.165) is 44.9 Å². The maximum atomic E-state index is 12.2. The first kappa shape index (κ1) is 35.6. The van der Waals surface area contributed by atoms with Crippen LogP contribution in [0, 0.1) is 0 Å². The molecule has 0 saturated carbocycles. The standard InChI is InChI=1S/C33H61NO3/c1-3-5-7-9-11-13-15-16-17-19-21-23-25-27-29-33(37)34-31(30-35)32(36)28-26-24-22-20-18-14-12-10-8-6-4-2/h15-16,18,20,26,28,31-32,35-36H,3-14,17,19,21-25,27,29-30H2,1-2H3,(H,34,37)/b16-15-,20-18+,28-26+. The van der Waals surface area contributed by atoms with Crippen molar-refractivity contribution >= 4 is 5.91 Å². The summed E-state index contributed by atoms with van der Waals surface area (Å²) in [6.07, 6.45) is 36.4. The van der Waals surface area contributed by atoms with Crippen LogP contribution in [0.25, 0.3) is 0 Å². The fourth-order valence-corrected chi connectivity index (χ4v) is 4.36. The molecule has 0 aromatic rings. The number of allylic oxidation sites excluding steroid dienone is 5. The third kappa shape index (κ3) is 26.0. The molecule has 4 heteroatoms. The maximum absolute atomic E-state index is 12.2. The molecule has 2 atom stereocenters. The van der Waals surface area contributed by atoms with E-state index in [9.17, 15) is 15.0 Å². The van der Waals surface area contributed by atoms with Crippen LogP contribution in [0.2, 0.25) is 0 Å². The normalized spacial score (nSPS) is 13.7. The number of carbonyl (C=O) groups is 1. The van der Waals surface area contributed by atoms with Crippen LogP contribution in [0.4, 0.5) is 0 Å². The summed E-state index contributed by atoms with van der Waals surface area (Å²) < 4.78 is 0. The van der Waals surface area contributed by atoms with E-state index in [2.05, 4.69) is 43.5 Å². The highest BCUT2D eigenvalue weighted by Gasteiger charge is 2.17. The SMILES string of the molecule is CCCCCCC/C=C\CCCCCCCC(=O)NC(CO)C(O)/C=C/CC/C=C/CCCCCCC. The van der Waals surface area contributed by atoms with Crippen LogP contribution >= 0.6 is 0 Å². The van der Waals surface area contributed by atoms with E-state index >= 15 is 0 Å². The Morgan fingerprint density at radius 1 is 0.622 bits per heavy atom. The maximum Gasteiger partial charge on any atom is 0.220 e. The molecule has 0 radical (unpaired) electrons. The van der Waals surface area contributed by atoms with Crippen LogP contribution in [-0.2, 0) is 4.79 Å². The van der Waals surface area contributed by atoms with Gasteiger partial charge in [-0.15, -0.1) is 0 Å². The highest BCUT2D eigenvalue weighted by Crippen LogP contribution is 2.10. The number of hydrogen-bond donors (Lipinski definition) is 3. The summed E-state index contributed by atoms with van der Waals surface area (Å²) in [6, 6.07) is -0.638. The first-order valence-electron chi connectivity index (χ1n) is 15.7. The second-order valence-corrected chi connectivity index (χ2v) is 10.5. The number of amides is 1. The predicted octanol–water partition coefficient (Wildman–Crippen LogP) is 8.72. The van der Waals surface area contributed by atoms with Gasteiger partial charge in [0.05, 0.1) is 18.8 Å². The second kappa shape index (κ2) is 29.2. The number of hydrogen-bond acceptors (Lipinski definition) is 3. The van der Waals surface area contributed by atoms with E-state index in [4.69, 9.17) is 0 Å². The molecule has 3 N–H and O–H groups in total. The van der Waals surface area contributed by atoms with E-state index in [1.54, 1.807) is 6.08 Å². The lowest BCUT2D eigenvalue weighted by molar-refractivity contribution is -0.123. The molecule has 0 aliphatic carbocycles. The van der Waals surface area contributed by atoms with Crippen LogP contribution in [0.3, 0.4) is 0 Å². The van der Waals surface area contributed by atoms with Crippen molar-refractivity contribution in [2.45, 2.75) is 161 Å². The molecular formula is C33H61NO3. The quantitative estimate of drug-likeness (QED) is 0.0750. The van der Waals surface area contributed by atoms with Gasteiger partial charge in [0.1, 0.15) is 0 Å². The van der Waals surface area contributed by atoms with Gasteiger partial charge in [-0.1, -0.05) is 121 Å². The van der Waals surface area contributed by atoms with Crippen LogP contribution < -0.4 is 5.32 Å². The highest BCUT2D eigenvalue weighted by atomic mass is 16.3. The van der Waals surface area contributed by atoms with Gasteiger partial charge in [-0.25, -0.2) is 0 Å². The molecule has 0 heterocycles. The summed E-state index contributed by atoms with van der Waals surface area (Å²) >= 11 is 0. The molecule has 0 aliphatic rings. The Balaban J connectivity index is 3.74. The monoisotopic (exact) mass is 519 g/mol. The largest absolute Gasteiger partial charge is 0.394 e. The van der Waals surface area contributed by atoms with Crippen molar-refractivity contribution in [3.05, 3.63) is 36.5 Å². The summed E-state index contributed by atoms with van der Waals surface area (Å²) in [7, 11) is 0. The van der Waals surface area contributed by atoms with Gasteiger partial charge in [0.2, 0.25) is 5.91 Å². The minimum absolute atomic E-state index is 0.0877. The minimum atomic E-state index is -0.860. The van der Waals surface area contributed by atoms with Gasteiger partial charge in [0.15, 0.2) is 0 Å². The van der Waals surface area contributed by atoms with Gasteiger partial charge < -0.3 is 15.5 Å². The number of rotatable bonds is 27. The Hall–Kier alpha value is -1.39. The van der Waals surface area contributed by atoms with Crippen LogP contribution in [0.15, 0.2) is 36.5 Å². The zero-order valence-corrected chi connectivity index (χ0v) is 24.5. The molecular weight excluding hydrogens is 458 g/mol. The molecule has 216 valence electrons. The topological polar surface area (TPSA) is 69.6 Å². The molecule has 0 rings (SSSR count). The fraction of sp³-hybridized carbons (Fsp3) is 0.788. The first-order chi connectivity index (χ1) is 18.2. The Morgan fingerprint density at radius 3 is 1.57 bits per heavy atom. The Labute approximate surface area is 230 Å². The van der Waals surface area contributed by atoms with E-state index in [0.29, 0.717) is 6.42 Å². The van der Waals surface area contributed by atoms with E-state index < -0.39 is 12.1 Å². The molecule has 2 unspecified atom stereocenters. The molecule has 0 saturated heterocycles. The molecule has 0 fully saturated rings. The van der Waals surface area contributed by atoms with E-state index in [1.165, 1.54) is 83.5 Å². The molecule has 0 aromatic carbocycles. The Morgan fingerprint density at radius 2 is 1.05 bits per heavy atom. The van der Waals surface area contributed by atoms with Gasteiger partial charge in [0, 0.05) is 6.42 Å². The van der Waals surface area contributed by atoms with Gasteiger partial charge in [-0.2, -0.15) is 0 Å². The third-order valence-electron chi connectivity index (χ3n) is 6.85. The number of aliphatic hydroxyl groups is 2. The summed E-state index contributed by atoms with van der Waals surface area (Å²) in [6.45, 7) is 4.23. The van der Waals surface area contributed by atoms with Gasteiger partial charge >= 0.3 is 0 Å². The van der Waals surface area contributed by atoms with Crippen molar-refractivity contribution in [1.82, 2.24) is 5.32 Å². The van der Waals surface area contributed by atoms with Gasteiger partial charge in [-0.05, 0) is 57.8 Å². The average molecular weight is 520 g/mol. The van der Waals surface area contributed by atoms with E-state index in [-0.39, 0.29) is 12.5 Å². The molecule has 0 aromatic heterocycles.